The van der Waals surface area contributed by atoms with Gasteiger partial charge < -0.3 is 14.8 Å². The van der Waals surface area contributed by atoms with Crippen LogP contribution >= 0.6 is 0 Å². The Labute approximate surface area is 108 Å². The first-order valence-corrected chi connectivity index (χ1v) is 6.16. The van der Waals surface area contributed by atoms with Crippen LogP contribution in [0.5, 0.6) is 5.75 Å². The predicted octanol–water partition coefficient (Wildman–Crippen LogP) is 2.30. The summed E-state index contributed by atoms with van der Waals surface area (Å²) in [5.74, 6) is 0.673. The van der Waals surface area contributed by atoms with Gasteiger partial charge in [0.2, 0.25) is 0 Å². The van der Waals surface area contributed by atoms with Crippen molar-refractivity contribution in [2.75, 3.05) is 20.8 Å². The summed E-state index contributed by atoms with van der Waals surface area (Å²) in [6.45, 7) is 2.70. The topological polar surface area (TPSA) is 47.6 Å². The van der Waals surface area contributed by atoms with E-state index in [1.165, 1.54) is 7.11 Å². The maximum absolute atomic E-state index is 11.1. The number of esters is 1. The van der Waals surface area contributed by atoms with Gasteiger partial charge in [-0.15, -0.1) is 0 Å². The quantitative estimate of drug-likeness (QED) is 0.755. The summed E-state index contributed by atoms with van der Waals surface area (Å²) in [6.07, 6.45) is 1.31. The molecule has 1 atom stereocenters. The van der Waals surface area contributed by atoms with Crippen molar-refractivity contribution in [2.45, 2.75) is 25.8 Å². The number of nitrogens with one attached hydrogen (secondary N) is 1. The van der Waals surface area contributed by atoms with Gasteiger partial charge in [0.1, 0.15) is 5.75 Å². The third-order valence-corrected chi connectivity index (χ3v) is 2.87. The van der Waals surface area contributed by atoms with Crippen LogP contribution in [-0.2, 0) is 9.53 Å². The van der Waals surface area contributed by atoms with E-state index in [1.54, 1.807) is 7.11 Å². The van der Waals surface area contributed by atoms with E-state index >= 15 is 0 Å². The highest BCUT2D eigenvalue weighted by molar-refractivity contribution is 5.69. The lowest BCUT2D eigenvalue weighted by Gasteiger charge is -2.19. The number of methoxy groups -OCH3 is 2. The zero-order valence-electron chi connectivity index (χ0n) is 11.2. The molecule has 0 heterocycles. The maximum Gasteiger partial charge on any atom is 0.306 e. The van der Waals surface area contributed by atoms with Gasteiger partial charge in [-0.05, 0) is 12.5 Å². The average Bonchev–Trinajstić information content (AvgIpc) is 2.43. The monoisotopic (exact) mass is 251 g/mol. The van der Waals surface area contributed by atoms with Crippen molar-refractivity contribution in [2.24, 2.45) is 0 Å². The smallest absolute Gasteiger partial charge is 0.306 e. The van der Waals surface area contributed by atoms with Crippen LogP contribution in [0.15, 0.2) is 24.3 Å². The van der Waals surface area contributed by atoms with Gasteiger partial charge in [0.05, 0.1) is 20.6 Å². The Hall–Kier alpha value is -1.55. The molecule has 1 rings (SSSR count). The number of rotatable bonds is 7. The summed E-state index contributed by atoms with van der Waals surface area (Å²) in [7, 11) is 3.07. The normalized spacial score (nSPS) is 11.9. The van der Waals surface area contributed by atoms with Crippen LogP contribution in [0.2, 0.25) is 0 Å². The molecule has 0 saturated heterocycles. The van der Waals surface area contributed by atoms with Crippen molar-refractivity contribution >= 4 is 5.97 Å². The zero-order chi connectivity index (χ0) is 13.4. The largest absolute Gasteiger partial charge is 0.496 e. The summed E-state index contributed by atoms with van der Waals surface area (Å²) in [6, 6.07) is 8.11. The molecular formula is C14H21NO3. The molecule has 0 aliphatic heterocycles. The van der Waals surface area contributed by atoms with Crippen molar-refractivity contribution < 1.29 is 14.3 Å². The first-order chi connectivity index (χ1) is 8.72. The fourth-order valence-electron chi connectivity index (χ4n) is 1.88. The molecule has 1 aromatic carbocycles. The molecule has 0 aliphatic rings. The fraction of sp³-hybridized carbons (Fsp3) is 0.500. The molecule has 4 nitrogen and oxygen atoms in total. The number of para-hydroxylation sites is 1. The van der Waals surface area contributed by atoms with E-state index < -0.39 is 0 Å². The Morgan fingerprint density at radius 1 is 1.33 bits per heavy atom. The highest BCUT2D eigenvalue weighted by atomic mass is 16.5. The molecule has 100 valence electrons. The molecule has 0 spiro atoms. The molecule has 18 heavy (non-hydrogen) atoms. The first-order valence-electron chi connectivity index (χ1n) is 6.16. The molecule has 0 aliphatic carbocycles. The van der Waals surface area contributed by atoms with Crippen LogP contribution in [0.3, 0.4) is 0 Å². The molecule has 0 amide bonds. The summed E-state index contributed by atoms with van der Waals surface area (Å²) in [5, 5.41) is 3.34. The van der Waals surface area contributed by atoms with Gasteiger partial charge in [-0.2, -0.15) is 0 Å². The summed E-state index contributed by atoms with van der Waals surface area (Å²) in [5.41, 5.74) is 1.12. The molecule has 4 heteroatoms. The molecule has 1 aromatic rings. The molecule has 0 saturated carbocycles. The number of ether oxygens (including phenoxy) is 2. The van der Waals surface area contributed by atoms with Crippen LogP contribution in [0.4, 0.5) is 0 Å². The minimum absolute atomic E-state index is 0.186. The second kappa shape index (κ2) is 7.71. The van der Waals surface area contributed by atoms with E-state index in [2.05, 4.69) is 17.0 Å². The Kier molecular flexibility index (Phi) is 6.22. The molecule has 0 fully saturated rings. The average molecular weight is 251 g/mol. The van der Waals surface area contributed by atoms with Crippen molar-refractivity contribution in [1.82, 2.24) is 5.32 Å². The van der Waals surface area contributed by atoms with Crippen LogP contribution in [0.25, 0.3) is 0 Å². The van der Waals surface area contributed by atoms with E-state index in [4.69, 9.17) is 4.74 Å². The molecule has 0 radical (unpaired) electrons. The third-order valence-electron chi connectivity index (χ3n) is 2.87. The van der Waals surface area contributed by atoms with Gasteiger partial charge in [-0.25, -0.2) is 0 Å². The maximum atomic E-state index is 11.1. The number of carbonyl (C=O) groups is 1. The lowest BCUT2D eigenvalue weighted by molar-refractivity contribution is -0.140. The summed E-state index contributed by atoms with van der Waals surface area (Å²) >= 11 is 0. The molecule has 0 bridgehead atoms. The van der Waals surface area contributed by atoms with Gasteiger partial charge in [0.25, 0.3) is 0 Å². The predicted molar refractivity (Wildman–Crippen MR) is 70.7 cm³/mol. The second-order valence-corrected chi connectivity index (χ2v) is 3.98. The highest BCUT2D eigenvalue weighted by Crippen LogP contribution is 2.26. The van der Waals surface area contributed by atoms with Crippen LogP contribution in [0.1, 0.15) is 31.4 Å². The molecule has 0 aromatic heterocycles. The Morgan fingerprint density at radius 3 is 2.67 bits per heavy atom. The molecular weight excluding hydrogens is 230 g/mol. The van der Waals surface area contributed by atoms with Crippen LogP contribution in [0, 0.1) is 0 Å². The van der Waals surface area contributed by atoms with E-state index in [0.717, 1.165) is 17.7 Å². The van der Waals surface area contributed by atoms with Gasteiger partial charge in [-0.3, -0.25) is 4.79 Å². The van der Waals surface area contributed by atoms with E-state index in [-0.39, 0.29) is 12.0 Å². The number of carbonyl (C=O) groups excluding carboxylic acids is 1. The Bertz CT molecular complexity index is 379. The van der Waals surface area contributed by atoms with Crippen LogP contribution < -0.4 is 10.1 Å². The fourth-order valence-corrected chi connectivity index (χ4v) is 1.88. The molecule has 1 unspecified atom stereocenters. The number of benzene rings is 1. The minimum Gasteiger partial charge on any atom is -0.496 e. The number of hydrogen-bond donors (Lipinski definition) is 1. The van der Waals surface area contributed by atoms with E-state index in [9.17, 15) is 4.79 Å². The van der Waals surface area contributed by atoms with Gasteiger partial charge in [0.15, 0.2) is 0 Å². The second-order valence-electron chi connectivity index (χ2n) is 3.98. The Balaban J connectivity index is 2.62. The summed E-state index contributed by atoms with van der Waals surface area (Å²) < 4.78 is 9.96. The van der Waals surface area contributed by atoms with Crippen LogP contribution in [-0.4, -0.2) is 26.7 Å². The molecule has 1 N–H and O–H groups in total. The van der Waals surface area contributed by atoms with Gasteiger partial charge in [-0.1, -0.05) is 25.1 Å². The standard InChI is InChI=1S/C14H21NO3/c1-4-12(15-10-9-14(16)18-3)11-7-5-6-8-13(11)17-2/h5-8,12,15H,4,9-10H2,1-3H3. The van der Waals surface area contributed by atoms with Gasteiger partial charge in [0, 0.05) is 18.2 Å². The van der Waals surface area contributed by atoms with Crippen molar-refractivity contribution in [1.29, 1.82) is 0 Å². The third kappa shape index (κ3) is 4.04. The number of hydrogen-bond acceptors (Lipinski definition) is 4. The van der Waals surface area contributed by atoms with E-state index in [0.29, 0.717) is 13.0 Å². The van der Waals surface area contributed by atoms with Crippen molar-refractivity contribution in [3.05, 3.63) is 29.8 Å². The Morgan fingerprint density at radius 2 is 2.06 bits per heavy atom. The zero-order valence-corrected chi connectivity index (χ0v) is 11.2. The van der Waals surface area contributed by atoms with Gasteiger partial charge >= 0.3 is 5.97 Å². The first kappa shape index (κ1) is 14.5. The lowest BCUT2D eigenvalue weighted by atomic mass is 10.0. The highest BCUT2D eigenvalue weighted by Gasteiger charge is 2.13. The minimum atomic E-state index is -0.197. The summed E-state index contributed by atoms with van der Waals surface area (Å²) in [4.78, 5) is 11.1. The van der Waals surface area contributed by atoms with E-state index in [1.807, 2.05) is 24.3 Å². The SMILES string of the molecule is CCC(NCCC(=O)OC)c1ccccc1OC. The lowest BCUT2D eigenvalue weighted by Crippen LogP contribution is -2.24. The van der Waals surface area contributed by atoms with Crippen molar-refractivity contribution in [3.8, 4) is 5.75 Å². The van der Waals surface area contributed by atoms with Crippen molar-refractivity contribution in [3.63, 3.8) is 0 Å².